The number of anilines is 1. The molecule has 1 aliphatic heterocycles. The summed E-state index contributed by atoms with van der Waals surface area (Å²) in [6.45, 7) is 7.56. The lowest BCUT2D eigenvalue weighted by Crippen LogP contribution is -2.48. The van der Waals surface area contributed by atoms with Gasteiger partial charge in [-0.1, -0.05) is 12.1 Å². The van der Waals surface area contributed by atoms with E-state index in [-0.39, 0.29) is 12.0 Å². The van der Waals surface area contributed by atoms with Crippen LogP contribution in [0.5, 0.6) is 5.75 Å². The lowest BCUT2D eigenvalue weighted by Gasteiger charge is -2.36. The molecule has 1 N–H and O–H groups in total. The molecule has 1 aromatic carbocycles. The van der Waals surface area contributed by atoms with Crippen LogP contribution >= 0.6 is 0 Å². The monoisotopic (exact) mass is 306 g/mol. The zero-order valence-electron chi connectivity index (χ0n) is 13.5. The highest BCUT2D eigenvalue weighted by Crippen LogP contribution is 2.27. The largest absolute Gasteiger partial charge is 0.506 e. The van der Waals surface area contributed by atoms with E-state index >= 15 is 0 Å². The minimum absolute atomic E-state index is 0.198. The van der Waals surface area contributed by atoms with Crippen molar-refractivity contribution in [1.29, 1.82) is 0 Å². The second kappa shape index (κ2) is 8.03. The first kappa shape index (κ1) is 16.6. The minimum atomic E-state index is 0.198. The maximum atomic E-state index is 12.2. The molecule has 1 aromatic rings. The molecule has 0 saturated carbocycles. The predicted octanol–water partition coefficient (Wildman–Crippen LogP) is 2.25. The summed E-state index contributed by atoms with van der Waals surface area (Å²) in [6, 6.07) is 7.34. The zero-order chi connectivity index (χ0) is 15.9. The first-order valence-corrected chi connectivity index (χ1v) is 8.00. The zero-order valence-corrected chi connectivity index (χ0v) is 13.5. The molecule has 1 aliphatic rings. The summed E-state index contributed by atoms with van der Waals surface area (Å²) in [5, 5.41) is 9.89. The summed E-state index contributed by atoms with van der Waals surface area (Å²) in [6.07, 6.45) is 1.54. The second-order valence-corrected chi connectivity index (χ2v) is 5.88. The first-order valence-electron chi connectivity index (χ1n) is 8.00. The van der Waals surface area contributed by atoms with Crippen LogP contribution in [0, 0.1) is 0 Å². The Morgan fingerprint density at radius 3 is 2.55 bits per heavy atom. The molecule has 0 bridgehead atoms. The maximum absolute atomic E-state index is 12.2. The number of benzene rings is 1. The third kappa shape index (κ3) is 4.63. The van der Waals surface area contributed by atoms with Crippen molar-refractivity contribution in [3.8, 4) is 5.75 Å². The molecule has 1 fully saturated rings. The number of carbonyl (C=O) groups is 1. The summed E-state index contributed by atoms with van der Waals surface area (Å²) in [7, 11) is 0. The number of nitrogens with zero attached hydrogens (tertiary/aromatic N) is 2. The highest BCUT2D eigenvalue weighted by molar-refractivity contribution is 5.76. The van der Waals surface area contributed by atoms with Gasteiger partial charge in [0.1, 0.15) is 5.75 Å². The fraction of sp³-hybridized carbons (Fsp3) is 0.588. The molecule has 1 heterocycles. The van der Waals surface area contributed by atoms with Crippen molar-refractivity contribution in [3.05, 3.63) is 24.3 Å². The average molecular weight is 306 g/mol. The second-order valence-electron chi connectivity index (χ2n) is 5.88. The van der Waals surface area contributed by atoms with Gasteiger partial charge in [-0.25, -0.2) is 0 Å². The lowest BCUT2D eigenvalue weighted by molar-refractivity contribution is -0.131. The molecular formula is C17H26N2O3. The Hall–Kier alpha value is -1.75. The maximum Gasteiger partial charge on any atom is 0.222 e. The van der Waals surface area contributed by atoms with E-state index in [4.69, 9.17) is 4.74 Å². The number of piperazine rings is 1. The first-order chi connectivity index (χ1) is 10.6. The van der Waals surface area contributed by atoms with Crippen LogP contribution in [-0.2, 0) is 9.53 Å². The van der Waals surface area contributed by atoms with Crippen molar-refractivity contribution in [1.82, 2.24) is 4.90 Å². The fourth-order valence-corrected chi connectivity index (χ4v) is 2.63. The Morgan fingerprint density at radius 1 is 1.23 bits per heavy atom. The van der Waals surface area contributed by atoms with Gasteiger partial charge in [0.2, 0.25) is 5.91 Å². The number of ether oxygens (including phenoxy) is 1. The Bertz CT molecular complexity index is 483. The highest BCUT2D eigenvalue weighted by atomic mass is 16.5. The normalized spacial score (nSPS) is 15.4. The fourth-order valence-electron chi connectivity index (χ4n) is 2.63. The van der Waals surface area contributed by atoms with Crippen LogP contribution < -0.4 is 4.90 Å². The predicted molar refractivity (Wildman–Crippen MR) is 87.2 cm³/mol. The van der Waals surface area contributed by atoms with E-state index in [1.807, 2.05) is 36.9 Å². The van der Waals surface area contributed by atoms with Crippen LogP contribution in [-0.4, -0.2) is 54.8 Å². The highest BCUT2D eigenvalue weighted by Gasteiger charge is 2.22. The number of aromatic hydroxyl groups is 1. The van der Waals surface area contributed by atoms with Crippen molar-refractivity contribution in [2.24, 2.45) is 0 Å². The van der Waals surface area contributed by atoms with E-state index in [0.717, 1.165) is 25.2 Å². The molecule has 122 valence electrons. The SMILES string of the molecule is CC(C)OCCCC(=O)N1CCN(c2ccccc2O)CC1. The van der Waals surface area contributed by atoms with Crippen LogP contribution in [0.15, 0.2) is 24.3 Å². The standard InChI is InChI=1S/C17H26N2O3/c1-14(2)22-13-5-8-17(21)19-11-9-18(10-12-19)15-6-3-4-7-16(15)20/h3-4,6-7,14,20H,5,8-13H2,1-2H3. The smallest absolute Gasteiger partial charge is 0.222 e. The number of phenols is 1. The molecule has 1 amide bonds. The average Bonchev–Trinajstić information content (AvgIpc) is 2.52. The third-order valence-corrected chi connectivity index (χ3v) is 3.84. The summed E-state index contributed by atoms with van der Waals surface area (Å²) in [5.41, 5.74) is 0.847. The van der Waals surface area contributed by atoms with Gasteiger partial charge in [0, 0.05) is 39.2 Å². The Labute approximate surface area is 132 Å². The van der Waals surface area contributed by atoms with Gasteiger partial charge in [-0.15, -0.1) is 0 Å². The molecule has 22 heavy (non-hydrogen) atoms. The van der Waals surface area contributed by atoms with Gasteiger partial charge in [0.05, 0.1) is 11.8 Å². The quantitative estimate of drug-likeness (QED) is 0.819. The molecule has 0 aliphatic carbocycles. The number of para-hydroxylation sites is 2. The number of amides is 1. The molecule has 5 nitrogen and oxygen atoms in total. The molecule has 0 radical (unpaired) electrons. The van der Waals surface area contributed by atoms with E-state index in [9.17, 15) is 9.90 Å². The van der Waals surface area contributed by atoms with Crippen molar-refractivity contribution < 1.29 is 14.6 Å². The van der Waals surface area contributed by atoms with Crippen molar-refractivity contribution in [2.45, 2.75) is 32.8 Å². The molecule has 1 saturated heterocycles. The Balaban J connectivity index is 1.75. The van der Waals surface area contributed by atoms with Crippen molar-refractivity contribution >= 4 is 11.6 Å². The van der Waals surface area contributed by atoms with Crippen LogP contribution in [0.2, 0.25) is 0 Å². The van der Waals surface area contributed by atoms with E-state index < -0.39 is 0 Å². The van der Waals surface area contributed by atoms with E-state index in [1.165, 1.54) is 0 Å². The molecule has 0 unspecified atom stereocenters. The molecule has 2 rings (SSSR count). The van der Waals surface area contributed by atoms with Gasteiger partial charge in [-0.3, -0.25) is 4.79 Å². The Kier molecular flexibility index (Phi) is 6.07. The molecule has 0 atom stereocenters. The molecular weight excluding hydrogens is 280 g/mol. The summed E-state index contributed by atoms with van der Waals surface area (Å²) < 4.78 is 5.46. The molecule has 0 aromatic heterocycles. The lowest BCUT2D eigenvalue weighted by atomic mass is 10.2. The van der Waals surface area contributed by atoms with Crippen molar-refractivity contribution in [3.63, 3.8) is 0 Å². The van der Waals surface area contributed by atoms with Gasteiger partial charge in [0.15, 0.2) is 0 Å². The number of hydrogen-bond acceptors (Lipinski definition) is 4. The van der Waals surface area contributed by atoms with E-state index in [0.29, 0.717) is 31.9 Å². The Morgan fingerprint density at radius 2 is 1.91 bits per heavy atom. The summed E-state index contributed by atoms with van der Waals surface area (Å²) in [5.74, 6) is 0.498. The van der Waals surface area contributed by atoms with Crippen molar-refractivity contribution in [2.75, 3.05) is 37.7 Å². The number of carbonyl (C=O) groups excluding carboxylic acids is 1. The number of rotatable bonds is 6. The van der Waals surface area contributed by atoms with Crippen LogP contribution in [0.25, 0.3) is 0 Å². The minimum Gasteiger partial charge on any atom is -0.506 e. The van der Waals surface area contributed by atoms with E-state index in [1.54, 1.807) is 6.07 Å². The molecule has 0 spiro atoms. The molecule has 5 heteroatoms. The van der Waals surface area contributed by atoms with Gasteiger partial charge in [0.25, 0.3) is 0 Å². The topological polar surface area (TPSA) is 53.0 Å². The number of hydrogen-bond donors (Lipinski definition) is 1. The van der Waals surface area contributed by atoms with Crippen LogP contribution in [0.1, 0.15) is 26.7 Å². The van der Waals surface area contributed by atoms with Crippen LogP contribution in [0.3, 0.4) is 0 Å². The third-order valence-electron chi connectivity index (χ3n) is 3.84. The van der Waals surface area contributed by atoms with E-state index in [2.05, 4.69) is 4.90 Å². The summed E-state index contributed by atoms with van der Waals surface area (Å²) in [4.78, 5) is 16.2. The van der Waals surface area contributed by atoms with Gasteiger partial charge < -0.3 is 19.6 Å². The van der Waals surface area contributed by atoms with Gasteiger partial charge >= 0.3 is 0 Å². The van der Waals surface area contributed by atoms with Crippen LogP contribution in [0.4, 0.5) is 5.69 Å². The van der Waals surface area contributed by atoms with Gasteiger partial charge in [-0.05, 0) is 32.4 Å². The van der Waals surface area contributed by atoms with Gasteiger partial charge in [-0.2, -0.15) is 0 Å². The summed E-state index contributed by atoms with van der Waals surface area (Å²) >= 11 is 0. The number of phenolic OH excluding ortho intramolecular Hbond substituents is 1.